The summed E-state index contributed by atoms with van der Waals surface area (Å²) in [4.78, 5) is 24.1. The molecule has 0 spiro atoms. The molecule has 0 bridgehead atoms. The highest BCUT2D eigenvalue weighted by Gasteiger charge is 2.26. The average molecular weight is 432 g/mol. The lowest BCUT2D eigenvalue weighted by molar-refractivity contribution is -0.141. The zero-order chi connectivity index (χ0) is 21.9. The number of amides is 1. The van der Waals surface area contributed by atoms with E-state index in [1.807, 2.05) is 0 Å². The number of carboxylic acid groups (broad SMARTS) is 1. The molecule has 0 heterocycles. The molecule has 1 aliphatic rings. The summed E-state index contributed by atoms with van der Waals surface area (Å²) in [5.41, 5.74) is 1.78. The molecule has 0 saturated heterocycles. The highest BCUT2D eigenvalue weighted by Crippen LogP contribution is 2.32. The molecule has 0 aliphatic heterocycles. The minimum Gasteiger partial charge on any atom is -0.480 e. The normalized spacial score (nSPS) is 16.1. The van der Waals surface area contributed by atoms with Crippen LogP contribution in [0, 0.1) is 5.82 Å². The van der Waals surface area contributed by atoms with E-state index in [1.54, 1.807) is 42.5 Å². The summed E-state index contributed by atoms with van der Waals surface area (Å²) in [5, 5.41) is 11.9. The molecule has 1 aliphatic carbocycles. The number of nitrogens with one attached hydrogen (secondary N) is 2. The number of hydrogen-bond donors (Lipinski definition) is 3. The zero-order valence-corrected chi connectivity index (χ0v) is 16.9. The van der Waals surface area contributed by atoms with E-state index in [1.165, 1.54) is 12.1 Å². The zero-order valence-electron chi connectivity index (χ0n) is 16.1. The van der Waals surface area contributed by atoms with Gasteiger partial charge in [-0.2, -0.15) is 0 Å². The molecular formula is C21H21FN2O5S. The SMILES string of the molecule is CS(=O)(=O)NC1C=Cc2c1ccc(F)c2CC(=O)N[C@H](Cc1ccccc1)C(=O)O. The summed E-state index contributed by atoms with van der Waals surface area (Å²) in [5.74, 6) is -2.45. The van der Waals surface area contributed by atoms with Gasteiger partial charge in [-0.05, 0) is 22.8 Å². The Kier molecular flexibility index (Phi) is 6.33. The largest absolute Gasteiger partial charge is 0.480 e. The maximum absolute atomic E-state index is 14.4. The molecule has 158 valence electrons. The number of halogens is 1. The van der Waals surface area contributed by atoms with Crippen molar-refractivity contribution in [2.24, 2.45) is 0 Å². The maximum Gasteiger partial charge on any atom is 0.326 e. The lowest BCUT2D eigenvalue weighted by Gasteiger charge is -2.17. The van der Waals surface area contributed by atoms with Crippen LogP contribution in [-0.2, 0) is 32.5 Å². The van der Waals surface area contributed by atoms with Gasteiger partial charge >= 0.3 is 5.97 Å². The first kappa shape index (κ1) is 21.7. The van der Waals surface area contributed by atoms with Gasteiger partial charge in [-0.15, -0.1) is 0 Å². The van der Waals surface area contributed by atoms with Crippen molar-refractivity contribution in [1.29, 1.82) is 0 Å². The second-order valence-electron chi connectivity index (χ2n) is 7.08. The minimum absolute atomic E-state index is 0.0860. The van der Waals surface area contributed by atoms with E-state index in [0.29, 0.717) is 11.1 Å². The summed E-state index contributed by atoms with van der Waals surface area (Å²) >= 11 is 0. The first-order valence-corrected chi connectivity index (χ1v) is 11.1. The number of hydrogen-bond acceptors (Lipinski definition) is 4. The lowest BCUT2D eigenvalue weighted by atomic mass is 9.98. The molecule has 3 rings (SSSR count). The van der Waals surface area contributed by atoms with Gasteiger partial charge in [0.1, 0.15) is 11.9 Å². The van der Waals surface area contributed by atoms with Crippen LogP contribution in [-0.4, -0.2) is 37.7 Å². The van der Waals surface area contributed by atoms with Crippen LogP contribution in [0.4, 0.5) is 4.39 Å². The third-order valence-electron chi connectivity index (χ3n) is 4.72. The van der Waals surface area contributed by atoms with Crippen LogP contribution < -0.4 is 10.0 Å². The molecule has 0 radical (unpaired) electrons. The fourth-order valence-electron chi connectivity index (χ4n) is 3.39. The molecule has 30 heavy (non-hydrogen) atoms. The number of fused-ring (bicyclic) bond motifs is 1. The Morgan fingerprint density at radius 2 is 1.87 bits per heavy atom. The lowest BCUT2D eigenvalue weighted by Crippen LogP contribution is -2.43. The number of rotatable bonds is 8. The Hall–Kier alpha value is -3.04. The van der Waals surface area contributed by atoms with Crippen LogP contribution in [0.2, 0.25) is 0 Å². The minimum atomic E-state index is -3.49. The predicted molar refractivity (Wildman–Crippen MR) is 110 cm³/mol. The molecule has 0 fully saturated rings. The Labute approximate surface area is 173 Å². The standard InChI is InChI=1S/C21H21FN2O5S/c1-30(28,29)24-18-10-8-14-15(18)7-9-17(22)16(14)12-20(25)23-19(21(26)27)11-13-5-3-2-4-6-13/h2-10,18-19,24H,11-12H2,1H3,(H,23,25)(H,26,27)/t18?,19-/m1/s1. The number of benzene rings is 2. The summed E-state index contributed by atoms with van der Waals surface area (Å²) in [6, 6.07) is 9.68. The van der Waals surface area contributed by atoms with Crippen molar-refractivity contribution in [3.8, 4) is 0 Å². The van der Waals surface area contributed by atoms with Gasteiger partial charge in [0.15, 0.2) is 0 Å². The number of carboxylic acids is 1. The topological polar surface area (TPSA) is 113 Å². The van der Waals surface area contributed by atoms with E-state index in [2.05, 4.69) is 10.0 Å². The van der Waals surface area contributed by atoms with E-state index < -0.39 is 39.8 Å². The summed E-state index contributed by atoms with van der Waals surface area (Å²) in [7, 11) is -3.49. The van der Waals surface area contributed by atoms with Gasteiger partial charge in [0, 0.05) is 12.0 Å². The number of sulfonamides is 1. The molecule has 0 saturated carbocycles. The summed E-state index contributed by atoms with van der Waals surface area (Å²) < 4.78 is 39.9. The Morgan fingerprint density at radius 3 is 2.50 bits per heavy atom. The monoisotopic (exact) mass is 432 g/mol. The van der Waals surface area contributed by atoms with E-state index in [0.717, 1.165) is 11.8 Å². The molecule has 7 nitrogen and oxygen atoms in total. The van der Waals surface area contributed by atoms with Crippen molar-refractivity contribution in [3.05, 3.63) is 76.6 Å². The fraction of sp³-hybridized carbons (Fsp3) is 0.238. The third kappa shape index (κ3) is 5.31. The maximum atomic E-state index is 14.4. The highest BCUT2D eigenvalue weighted by molar-refractivity contribution is 7.88. The van der Waals surface area contributed by atoms with Gasteiger partial charge < -0.3 is 10.4 Å². The molecule has 2 aromatic rings. The second-order valence-corrected chi connectivity index (χ2v) is 8.86. The number of carbonyl (C=O) groups is 2. The smallest absolute Gasteiger partial charge is 0.326 e. The van der Waals surface area contributed by atoms with Crippen molar-refractivity contribution in [2.45, 2.75) is 24.9 Å². The van der Waals surface area contributed by atoms with Gasteiger partial charge in [0.05, 0.1) is 18.7 Å². The van der Waals surface area contributed by atoms with Gasteiger partial charge in [-0.25, -0.2) is 22.3 Å². The van der Waals surface area contributed by atoms with Gasteiger partial charge in [-0.1, -0.05) is 48.6 Å². The van der Waals surface area contributed by atoms with E-state index in [-0.39, 0.29) is 18.4 Å². The van der Waals surface area contributed by atoms with Gasteiger partial charge in [0.25, 0.3) is 0 Å². The van der Waals surface area contributed by atoms with Crippen LogP contribution in [0.15, 0.2) is 48.5 Å². The molecule has 0 aromatic heterocycles. The van der Waals surface area contributed by atoms with Crippen molar-refractivity contribution < 1.29 is 27.5 Å². The van der Waals surface area contributed by atoms with Crippen LogP contribution in [0.25, 0.3) is 6.08 Å². The quantitative estimate of drug-likeness (QED) is 0.589. The third-order valence-corrected chi connectivity index (χ3v) is 5.40. The van der Waals surface area contributed by atoms with Crippen molar-refractivity contribution in [2.75, 3.05) is 6.26 Å². The summed E-state index contributed by atoms with van der Waals surface area (Å²) in [6.45, 7) is 0. The average Bonchev–Trinajstić information content (AvgIpc) is 3.05. The van der Waals surface area contributed by atoms with Crippen molar-refractivity contribution >= 4 is 28.0 Å². The molecular weight excluding hydrogens is 411 g/mol. The summed E-state index contributed by atoms with van der Waals surface area (Å²) in [6.07, 6.45) is 3.88. The van der Waals surface area contributed by atoms with Gasteiger partial charge in [-0.3, -0.25) is 4.79 Å². The Bertz CT molecular complexity index is 1100. The van der Waals surface area contributed by atoms with E-state index in [9.17, 15) is 27.5 Å². The molecule has 3 N–H and O–H groups in total. The van der Waals surface area contributed by atoms with Crippen LogP contribution in [0.3, 0.4) is 0 Å². The van der Waals surface area contributed by atoms with E-state index >= 15 is 0 Å². The fourth-order valence-corrected chi connectivity index (χ4v) is 4.06. The molecule has 2 aromatic carbocycles. The second kappa shape index (κ2) is 8.76. The van der Waals surface area contributed by atoms with E-state index in [4.69, 9.17) is 0 Å². The first-order chi connectivity index (χ1) is 14.1. The van der Waals surface area contributed by atoms with Crippen LogP contribution in [0.1, 0.15) is 28.3 Å². The first-order valence-electron chi connectivity index (χ1n) is 9.17. The Balaban J connectivity index is 1.77. The molecule has 2 atom stereocenters. The van der Waals surface area contributed by atoms with Crippen molar-refractivity contribution in [1.82, 2.24) is 10.0 Å². The molecule has 1 amide bonds. The number of carbonyl (C=O) groups excluding carboxylic acids is 1. The molecule has 1 unspecified atom stereocenters. The van der Waals surface area contributed by atoms with Crippen LogP contribution >= 0.6 is 0 Å². The van der Waals surface area contributed by atoms with Gasteiger partial charge in [0.2, 0.25) is 15.9 Å². The number of aliphatic carboxylic acids is 1. The molecule has 9 heteroatoms. The Morgan fingerprint density at radius 1 is 1.17 bits per heavy atom. The van der Waals surface area contributed by atoms with Crippen LogP contribution in [0.5, 0.6) is 0 Å². The highest BCUT2D eigenvalue weighted by atomic mass is 32.2. The van der Waals surface area contributed by atoms with Crippen molar-refractivity contribution in [3.63, 3.8) is 0 Å². The predicted octanol–water partition coefficient (Wildman–Crippen LogP) is 1.80.